The maximum absolute atomic E-state index is 12.3. The number of carbonyl (C=O) groups excluding carboxylic acids is 1. The van der Waals surface area contributed by atoms with Crippen LogP contribution in [0.25, 0.3) is 0 Å². The molecule has 17 heavy (non-hydrogen) atoms. The molecular weight excluding hydrogens is 236 g/mol. The topological polar surface area (TPSA) is 32.3 Å². The fourth-order valence-corrected chi connectivity index (χ4v) is 2.19. The zero-order valence-corrected chi connectivity index (χ0v) is 10.9. The van der Waals surface area contributed by atoms with Crippen LogP contribution in [0.4, 0.5) is 0 Å². The van der Waals surface area contributed by atoms with Crippen LogP contribution in [0.2, 0.25) is 5.02 Å². The molecule has 4 heteroatoms. The highest BCUT2D eigenvalue weighted by atomic mass is 35.5. The monoisotopic (exact) mass is 252 g/mol. The molecule has 1 aliphatic rings. The van der Waals surface area contributed by atoms with Crippen molar-refractivity contribution in [2.45, 2.75) is 25.9 Å². The van der Waals surface area contributed by atoms with E-state index in [2.05, 4.69) is 19.2 Å². The molecule has 1 N–H and O–H groups in total. The third-order valence-corrected chi connectivity index (χ3v) is 3.37. The van der Waals surface area contributed by atoms with Crippen molar-refractivity contribution in [3.05, 3.63) is 34.9 Å². The van der Waals surface area contributed by atoms with Gasteiger partial charge < -0.3 is 10.2 Å². The molecule has 0 aliphatic carbocycles. The summed E-state index contributed by atoms with van der Waals surface area (Å²) in [7, 11) is 0. The summed E-state index contributed by atoms with van der Waals surface area (Å²) in [5, 5.41) is 4.02. The first-order valence-corrected chi connectivity index (χ1v) is 6.25. The van der Waals surface area contributed by atoms with Crippen molar-refractivity contribution in [3.8, 4) is 0 Å². The molecule has 1 heterocycles. The first-order valence-electron chi connectivity index (χ1n) is 5.88. The van der Waals surface area contributed by atoms with Gasteiger partial charge in [0.15, 0.2) is 0 Å². The Morgan fingerprint density at radius 3 is 2.65 bits per heavy atom. The number of benzene rings is 1. The fourth-order valence-electron chi connectivity index (χ4n) is 2.06. The molecule has 1 aliphatic heterocycles. The SMILES string of the molecule is C[C@@H]1CN[C@@H](C)CN1C(=O)c1ccc(Cl)cc1. The third-order valence-electron chi connectivity index (χ3n) is 3.12. The zero-order valence-electron chi connectivity index (χ0n) is 10.1. The molecule has 0 spiro atoms. The summed E-state index contributed by atoms with van der Waals surface area (Å²) >= 11 is 5.82. The van der Waals surface area contributed by atoms with E-state index in [0.717, 1.165) is 13.1 Å². The van der Waals surface area contributed by atoms with Crippen LogP contribution in [-0.4, -0.2) is 36.0 Å². The Hall–Kier alpha value is -1.06. The number of carbonyl (C=O) groups is 1. The van der Waals surface area contributed by atoms with Crippen molar-refractivity contribution >= 4 is 17.5 Å². The van der Waals surface area contributed by atoms with E-state index in [1.54, 1.807) is 24.3 Å². The normalized spacial score (nSPS) is 24.8. The molecule has 92 valence electrons. The summed E-state index contributed by atoms with van der Waals surface area (Å²) in [6, 6.07) is 7.65. The van der Waals surface area contributed by atoms with Crippen molar-refractivity contribution in [2.24, 2.45) is 0 Å². The molecule has 1 saturated heterocycles. The highest BCUT2D eigenvalue weighted by Gasteiger charge is 2.27. The van der Waals surface area contributed by atoms with Gasteiger partial charge in [-0.2, -0.15) is 0 Å². The number of hydrogen-bond donors (Lipinski definition) is 1. The van der Waals surface area contributed by atoms with Crippen molar-refractivity contribution in [1.29, 1.82) is 0 Å². The van der Waals surface area contributed by atoms with E-state index >= 15 is 0 Å². The Morgan fingerprint density at radius 2 is 2.00 bits per heavy atom. The molecule has 0 unspecified atom stereocenters. The van der Waals surface area contributed by atoms with Crippen LogP contribution in [0, 0.1) is 0 Å². The third kappa shape index (κ3) is 2.79. The molecule has 1 amide bonds. The molecule has 1 aromatic rings. The van der Waals surface area contributed by atoms with Crippen LogP contribution in [0.15, 0.2) is 24.3 Å². The lowest BCUT2D eigenvalue weighted by molar-refractivity contribution is 0.0616. The van der Waals surface area contributed by atoms with Crippen LogP contribution >= 0.6 is 11.6 Å². The van der Waals surface area contributed by atoms with E-state index in [0.29, 0.717) is 16.6 Å². The van der Waals surface area contributed by atoms with Gasteiger partial charge in [-0.1, -0.05) is 11.6 Å². The number of amides is 1. The lowest BCUT2D eigenvalue weighted by Gasteiger charge is -2.37. The van der Waals surface area contributed by atoms with Gasteiger partial charge in [0.25, 0.3) is 5.91 Å². The first kappa shape index (κ1) is 12.4. The molecule has 2 atom stereocenters. The van der Waals surface area contributed by atoms with Crippen molar-refractivity contribution < 1.29 is 4.79 Å². The Labute approximate surface area is 107 Å². The number of hydrogen-bond acceptors (Lipinski definition) is 2. The average molecular weight is 253 g/mol. The van der Waals surface area contributed by atoms with Gasteiger partial charge in [-0.15, -0.1) is 0 Å². The lowest BCUT2D eigenvalue weighted by atomic mass is 10.1. The van der Waals surface area contributed by atoms with E-state index in [1.807, 2.05) is 4.90 Å². The summed E-state index contributed by atoms with van der Waals surface area (Å²) in [4.78, 5) is 14.2. The second kappa shape index (κ2) is 5.07. The number of piperazine rings is 1. The van der Waals surface area contributed by atoms with E-state index in [4.69, 9.17) is 11.6 Å². The zero-order chi connectivity index (χ0) is 12.4. The van der Waals surface area contributed by atoms with Gasteiger partial charge in [0, 0.05) is 35.8 Å². The molecule has 0 aromatic heterocycles. The molecule has 1 aromatic carbocycles. The molecule has 2 rings (SSSR count). The summed E-state index contributed by atoms with van der Waals surface area (Å²) in [6.07, 6.45) is 0. The maximum atomic E-state index is 12.3. The minimum Gasteiger partial charge on any atom is -0.333 e. The Balaban J connectivity index is 2.15. The quantitative estimate of drug-likeness (QED) is 0.831. The molecule has 3 nitrogen and oxygen atoms in total. The summed E-state index contributed by atoms with van der Waals surface area (Å²) < 4.78 is 0. The molecule has 0 radical (unpaired) electrons. The molecular formula is C13H17ClN2O. The second-order valence-corrected chi connectivity index (χ2v) is 5.06. The smallest absolute Gasteiger partial charge is 0.254 e. The predicted molar refractivity (Wildman–Crippen MR) is 69.4 cm³/mol. The number of nitrogens with zero attached hydrogens (tertiary/aromatic N) is 1. The van der Waals surface area contributed by atoms with Crippen LogP contribution in [-0.2, 0) is 0 Å². The van der Waals surface area contributed by atoms with Crippen molar-refractivity contribution in [2.75, 3.05) is 13.1 Å². The Bertz CT molecular complexity index is 404. The van der Waals surface area contributed by atoms with Gasteiger partial charge in [-0.05, 0) is 38.1 Å². The maximum Gasteiger partial charge on any atom is 0.254 e. The summed E-state index contributed by atoms with van der Waals surface area (Å²) in [5.74, 6) is 0.0857. The van der Waals surface area contributed by atoms with E-state index in [9.17, 15) is 4.79 Å². The van der Waals surface area contributed by atoms with Gasteiger partial charge in [0.2, 0.25) is 0 Å². The van der Waals surface area contributed by atoms with Crippen LogP contribution in [0.5, 0.6) is 0 Å². The minimum absolute atomic E-state index is 0.0857. The van der Waals surface area contributed by atoms with Crippen LogP contribution in [0.3, 0.4) is 0 Å². The van der Waals surface area contributed by atoms with E-state index in [1.165, 1.54) is 0 Å². The summed E-state index contributed by atoms with van der Waals surface area (Å²) in [5.41, 5.74) is 0.704. The van der Waals surface area contributed by atoms with Gasteiger partial charge in [0.1, 0.15) is 0 Å². The minimum atomic E-state index is 0.0857. The largest absolute Gasteiger partial charge is 0.333 e. The van der Waals surface area contributed by atoms with Crippen LogP contribution in [0.1, 0.15) is 24.2 Å². The Kier molecular flexibility index (Phi) is 3.69. The van der Waals surface area contributed by atoms with Crippen LogP contribution < -0.4 is 5.32 Å². The number of halogens is 1. The van der Waals surface area contributed by atoms with Gasteiger partial charge in [0.05, 0.1) is 0 Å². The predicted octanol–water partition coefficient (Wildman–Crippen LogP) is 2.16. The highest BCUT2D eigenvalue weighted by molar-refractivity contribution is 6.30. The number of nitrogens with one attached hydrogen (secondary N) is 1. The van der Waals surface area contributed by atoms with Gasteiger partial charge >= 0.3 is 0 Å². The van der Waals surface area contributed by atoms with Crippen molar-refractivity contribution in [1.82, 2.24) is 10.2 Å². The molecule has 0 bridgehead atoms. The van der Waals surface area contributed by atoms with E-state index < -0.39 is 0 Å². The molecule has 0 saturated carbocycles. The number of rotatable bonds is 1. The van der Waals surface area contributed by atoms with E-state index in [-0.39, 0.29) is 11.9 Å². The average Bonchev–Trinajstić information content (AvgIpc) is 2.32. The van der Waals surface area contributed by atoms with Crippen molar-refractivity contribution in [3.63, 3.8) is 0 Å². The lowest BCUT2D eigenvalue weighted by Crippen LogP contribution is -2.56. The molecule has 1 fully saturated rings. The van der Waals surface area contributed by atoms with Gasteiger partial charge in [-0.25, -0.2) is 0 Å². The Morgan fingerprint density at radius 1 is 1.35 bits per heavy atom. The highest BCUT2D eigenvalue weighted by Crippen LogP contribution is 2.15. The summed E-state index contributed by atoms with van der Waals surface area (Å²) in [6.45, 7) is 5.75. The standard InChI is InChI=1S/C13H17ClN2O/c1-9-8-16(10(2)7-15-9)13(17)11-3-5-12(14)6-4-11/h3-6,9-10,15H,7-8H2,1-2H3/t9-,10+/m0/s1. The fraction of sp³-hybridized carbons (Fsp3) is 0.462. The first-order chi connectivity index (χ1) is 8.08. The second-order valence-electron chi connectivity index (χ2n) is 4.62. The van der Waals surface area contributed by atoms with Gasteiger partial charge in [-0.3, -0.25) is 4.79 Å².